The van der Waals surface area contributed by atoms with Crippen molar-refractivity contribution in [1.82, 2.24) is 10.2 Å². The summed E-state index contributed by atoms with van der Waals surface area (Å²) in [5, 5.41) is 3.30. The molecule has 2 fully saturated rings. The minimum atomic E-state index is 0. The molecule has 2 aliphatic heterocycles. The molecular formula is C18H28ClN3O3. The van der Waals surface area contributed by atoms with Gasteiger partial charge in [0.05, 0.1) is 18.9 Å². The summed E-state index contributed by atoms with van der Waals surface area (Å²) < 4.78 is 11.2. The van der Waals surface area contributed by atoms with Gasteiger partial charge in [0, 0.05) is 26.2 Å². The number of halogens is 1. The van der Waals surface area contributed by atoms with Crippen LogP contribution >= 0.6 is 12.4 Å². The Kier molecular flexibility index (Phi) is 7.81. The van der Waals surface area contributed by atoms with Crippen LogP contribution in [-0.2, 0) is 9.53 Å². The van der Waals surface area contributed by atoms with E-state index in [1.54, 1.807) is 7.11 Å². The van der Waals surface area contributed by atoms with Crippen LogP contribution in [0.2, 0.25) is 0 Å². The van der Waals surface area contributed by atoms with Crippen molar-refractivity contribution in [3.05, 3.63) is 24.3 Å². The minimum absolute atomic E-state index is 0. The van der Waals surface area contributed by atoms with Gasteiger partial charge in [-0.3, -0.25) is 4.79 Å². The number of piperidine rings is 1. The molecule has 1 N–H and O–H groups in total. The van der Waals surface area contributed by atoms with E-state index in [-0.39, 0.29) is 31.0 Å². The number of benzene rings is 1. The van der Waals surface area contributed by atoms with Crippen LogP contribution in [0.4, 0.5) is 5.69 Å². The largest absolute Gasteiger partial charge is 0.495 e. The Morgan fingerprint density at radius 2 is 1.84 bits per heavy atom. The fraction of sp³-hybridized carbons (Fsp3) is 0.611. The van der Waals surface area contributed by atoms with Crippen LogP contribution in [0.3, 0.4) is 0 Å². The Hall–Kier alpha value is -1.50. The number of hydrogen-bond donors (Lipinski definition) is 1. The highest BCUT2D eigenvalue weighted by Gasteiger charge is 2.24. The molecular weight excluding hydrogens is 342 g/mol. The van der Waals surface area contributed by atoms with Gasteiger partial charge < -0.3 is 24.6 Å². The first-order valence-electron chi connectivity index (χ1n) is 8.76. The first-order valence-corrected chi connectivity index (χ1v) is 8.76. The number of methoxy groups -OCH3 is 1. The summed E-state index contributed by atoms with van der Waals surface area (Å²) in [5.74, 6) is 0.986. The van der Waals surface area contributed by atoms with Crippen LogP contribution in [0.25, 0.3) is 0 Å². The van der Waals surface area contributed by atoms with E-state index >= 15 is 0 Å². The second-order valence-electron chi connectivity index (χ2n) is 6.30. The minimum Gasteiger partial charge on any atom is -0.495 e. The van der Waals surface area contributed by atoms with Gasteiger partial charge in [-0.1, -0.05) is 12.1 Å². The standard InChI is InChI=1S/C18H27N3O3.ClH/c1-23-17-5-3-2-4-16(17)20-10-12-21(13-11-20)18(22)14-24-15-6-8-19-9-7-15;/h2-5,15,19H,6-14H2,1H3;1H. The van der Waals surface area contributed by atoms with Crippen molar-refractivity contribution in [2.24, 2.45) is 0 Å². The smallest absolute Gasteiger partial charge is 0.248 e. The molecule has 2 aliphatic rings. The van der Waals surface area contributed by atoms with Crippen molar-refractivity contribution in [3.63, 3.8) is 0 Å². The van der Waals surface area contributed by atoms with E-state index in [0.717, 1.165) is 63.5 Å². The summed E-state index contributed by atoms with van der Waals surface area (Å²) in [5.41, 5.74) is 1.10. The maximum absolute atomic E-state index is 12.3. The molecule has 2 heterocycles. The first-order chi connectivity index (χ1) is 11.8. The number of amides is 1. The number of nitrogens with one attached hydrogen (secondary N) is 1. The van der Waals surface area contributed by atoms with E-state index in [4.69, 9.17) is 9.47 Å². The van der Waals surface area contributed by atoms with Crippen LogP contribution in [0.5, 0.6) is 5.75 Å². The number of para-hydroxylation sites is 2. The van der Waals surface area contributed by atoms with Gasteiger partial charge in [-0.05, 0) is 38.1 Å². The lowest BCUT2D eigenvalue weighted by molar-refractivity contribution is -0.139. The second kappa shape index (κ2) is 9.85. The van der Waals surface area contributed by atoms with E-state index in [1.807, 2.05) is 23.1 Å². The summed E-state index contributed by atoms with van der Waals surface area (Å²) in [7, 11) is 1.69. The molecule has 0 unspecified atom stereocenters. The Balaban J connectivity index is 0.00000225. The zero-order valence-corrected chi connectivity index (χ0v) is 15.6. The van der Waals surface area contributed by atoms with E-state index in [9.17, 15) is 4.79 Å². The normalized spacial score (nSPS) is 18.6. The van der Waals surface area contributed by atoms with E-state index < -0.39 is 0 Å². The van der Waals surface area contributed by atoms with Crippen molar-refractivity contribution in [3.8, 4) is 5.75 Å². The Morgan fingerprint density at radius 1 is 1.16 bits per heavy atom. The van der Waals surface area contributed by atoms with Gasteiger partial charge in [0.15, 0.2) is 0 Å². The third-order valence-electron chi connectivity index (χ3n) is 4.79. The number of carbonyl (C=O) groups is 1. The van der Waals surface area contributed by atoms with Crippen LogP contribution in [0.15, 0.2) is 24.3 Å². The molecule has 0 aromatic heterocycles. The lowest BCUT2D eigenvalue weighted by Crippen LogP contribution is -2.50. The topological polar surface area (TPSA) is 54.0 Å². The molecule has 2 saturated heterocycles. The van der Waals surface area contributed by atoms with Gasteiger partial charge in [-0.2, -0.15) is 0 Å². The molecule has 0 atom stereocenters. The van der Waals surface area contributed by atoms with Crippen molar-refractivity contribution < 1.29 is 14.3 Å². The van der Waals surface area contributed by atoms with Crippen LogP contribution in [0, 0.1) is 0 Å². The van der Waals surface area contributed by atoms with Crippen molar-refractivity contribution >= 4 is 24.0 Å². The van der Waals surface area contributed by atoms with Crippen LogP contribution < -0.4 is 15.0 Å². The molecule has 0 saturated carbocycles. The van der Waals surface area contributed by atoms with Gasteiger partial charge >= 0.3 is 0 Å². The molecule has 0 spiro atoms. The molecule has 0 radical (unpaired) electrons. The highest BCUT2D eigenvalue weighted by Crippen LogP contribution is 2.28. The predicted octanol–water partition coefficient (Wildman–Crippen LogP) is 1.53. The average Bonchev–Trinajstić information content (AvgIpc) is 2.67. The summed E-state index contributed by atoms with van der Waals surface area (Å²) in [6, 6.07) is 8.03. The molecule has 0 bridgehead atoms. The maximum Gasteiger partial charge on any atom is 0.248 e. The summed E-state index contributed by atoms with van der Waals surface area (Å²) in [6.07, 6.45) is 2.22. The number of hydrogen-bond acceptors (Lipinski definition) is 5. The molecule has 1 aromatic carbocycles. The molecule has 7 heteroatoms. The number of piperazine rings is 1. The average molecular weight is 370 g/mol. The number of rotatable bonds is 5. The lowest BCUT2D eigenvalue weighted by Gasteiger charge is -2.36. The highest BCUT2D eigenvalue weighted by atomic mass is 35.5. The molecule has 6 nitrogen and oxygen atoms in total. The monoisotopic (exact) mass is 369 g/mol. The fourth-order valence-corrected chi connectivity index (χ4v) is 3.33. The Labute approximate surface area is 155 Å². The maximum atomic E-state index is 12.3. The van der Waals surface area contributed by atoms with Crippen molar-refractivity contribution in [1.29, 1.82) is 0 Å². The number of anilines is 1. The molecule has 1 aromatic rings. The SMILES string of the molecule is COc1ccccc1N1CCN(C(=O)COC2CCNCC2)CC1.Cl. The van der Waals surface area contributed by atoms with Gasteiger partial charge in [0.25, 0.3) is 0 Å². The fourth-order valence-electron chi connectivity index (χ4n) is 3.33. The van der Waals surface area contributed by atoms with E-state index in [2.05, 4.69) is 16.3 Å². The Bertz CT molecular complexity index is 544. The van der Waals surface area contributed by atoms with Gasteiger partial charge in [-0.25, -0.2) is 0 Å². The van der Waals surface area contributed by atoms with Gasteiger partial charge in [-0.15, -0.1) is 12.4 Å². The second-order valence-corrected chi connectivity index (χ2v) is 6.30. The number of ether oxygens (including phenoxy) is 2. The van der Waals surface area contributed by atoms with E-state index in [1.165, 1.54) is 0 Å². The number of nitrogens with zero attached hydrogens (tertiary/aromatic N) is 2. The Morgan fingerprint density at radius 3 is 2.52 bits per heavy atom. The van der Waals surface area contributed by atoms with Gasteiger partial charge in [0.2, 0.25) is 5.91 Å². The lowest BCUT2D eigenvalue weighted by atomic mass is 10.1. The van der Waals surface area contributed by atoms with Crippen LogP contribution in [-0.4, -0.2) is 69.9 Å². The molecule has 140 valence electrons. The predicted molar refractivity (Wildman–Crippen MR) is 101 cm³/mol. The number of carbonyl (C=O) groups excluding carboxylic acids is 1. The first kappa shape index (κ1) is 19.8. The zero-order chi connectivity index (χ0) is 16.8. The third kappa shape index (κ3) is 5.23. The van der Waals surface area contributed by atoms with Crippen LogP contribution in [0.1, 0.15) is 12.8 Å². The molecule has 25 heavy (non-hydrogen) atoms. The molecule has 1 amide bonds. The quantitative estimate of drug-likeness (QED) is 0.853. The van der Waals surface area contributed by atoms with E-state index in [0.29, 0.717) is 0 Å². The highest BCUT2D eigenvalue weighted by molar-refractivity contribution is 5.85. The van der Waals surface area contributed by atoms with Crippen molar-refractivity contribution in [2.75, 3.05) is 57.9 Å². The third-order valence-corrected chi connectivity index (χ3v) is 4.79. The zero-order valence-electron chi connectivity index (χ0n) is 14.8. The molecule has 0 aliphatic carbocycles. The summed E-state index contributed by atoms with van der Waals surface area (Å²) in [6.45, 7) is 5.27. The van der Waals surface area contributed by atoms with Crippen molar-refractivity contribution in [2.45, 2.75) is 18.9 Å². The molecule has 3 rings (SSSR count). The summed E-state index contributed by atoms with van der Waals surface area (Å²) >= 11 is 0. The van der Waals surface area contributed by atoms with Gasteiger partial charge in [0.1, 0.15) is 12.4 Å². The summed E-state index contributed by atoms with van der Waals surface area (Å²) in [4.78, 5) is 16.5.